The van der Waals surface area contributed by atoms with Gasteiger partial charge >= 0.3 is 0 Å². The van der Waals surface area contributed by atoms with Crippen molar-refractivity contribution in [3.05, 3.63) is 32.7 Å². The quantitative estimate of drug-likeness (QED) is 0.811. The molecule has 0 unspecified atom stereocenters. The van der Waals surface area contributed by atoms with Gasteiger partial charge in [-0.1, -0.05) is 43.6 Å². The van der Waals surface area contributed by atoms with Gasteiger partial charge in [0.15, 0.2) is 0 Å². The van der Waals surface area contributed by atoms with E-state index >= 15 is 0 Å². The predicted molar refractivity (Wildman–Crippen MR) is 83.7 cm³/mol. The molecule has 0 atom stereocenters. The zero-order valence-corrected chi connectivity index (χ0v) is 14.2. The molecule has 0 spiro atoms. The fourth-order valence-electron chi connectivity index (χ4n) is 1.67. The molecule has 5 nitrogen and oxygen atoms in total. The molecule has 106 valence electrons. The molecule has 0 bridgehead atoms. The highest BCUT2D eigenvalue weighted by molar-refractivity contribution is 9.11. The van der Waals surface area contributed by atoms with Crippen LogP contribution in [0.1, 0.15) is 10.4 Å². The molecule has 0 aliphatic carbocycles. The van der Waals surface area contributed by atoms with E-state index in [9.17, 15) is 14.4 Å². The summed E-state index contributed by atoms with van der Waals surface area (Å²) in [6.45, 7) is 0.437. The molecule has 1 fully saturated rings. The van der Waals surface area contributed by atoms with Gasteiger partial charge in [0.25, 0.3) is 11.1 Å². The molecule has 1 aliphatic rings. The van der Waals surface area contributed by atoms with Gasteiger partial charge in [0.2, 0.25) is 5.91 Å². The van der Waals surface area contributed by atoms with Crippen molar-refractivity contribution in [1.29, 1.82) is 0 Å². The van der Waals surface area contributed by atoms with E-state index in [0.29, 0.717) is 5.56 Å². The van der Waals surface area contributed by atoms with E-state index in [1.165, 1.54) is 0 Å². The number of rotatable bonds is 4. The number of imide groups is 1. The number of thioether (sulfide) groups is 1. The van der Waals surface area contributed by atoms with E-state index in [4.69, 9.17) is 0 Å². The highest BCUT2D eigenvalue weighted by Gasteiger charge is 2.29. The molecule has 0 saturated carbocycles. The van der Waals surface area contributed by atoms with Crippen LogP contribution in [0.3, 0.4) is 0 Å². The Bertz CT molecular complexity index is 544. The van der Waals surface area contributed by atoms with Gasteiger partial charge in [0.1, 0.15) is 0 Å². The lowest BCUT2D eigenvalue weighted by molar-refractivity contribution is -0.124. The Morgan fingerprint density at radius 2 is 1.90 bits per heavy atom. The summed E-state index contributed by atoms with van der Waals surface area (Å²) in [6.07, 6.45) is 0. The molecule has 1 aliphatic heterocycles. The number of nitrogens with one attached hydrogen (secondary N) is 1. The molecular weight excluding hydrogens is 412 g/mol. The SMILES string of the molecule is O=C(NCCN1C(=O)CSC1=O)c1cc(Br)cc(Br)c1. The lowest BCUT2D eigenvalue weighted by Gasteiger charge is -2.13. The van der Waals surface area contributed by atoms with E-state index in [0.717, 1.165) is 25.6 Å². The lowest BCUT2D eigenvalue weighted by Crippen LogP contribution is -2.37. The van der Waals surface area contributed by atoms with Crippen molar-refractivity contribution in [3.8, 4) is 0 Å². The van der Waals surface area contributed by atoms with Gasteiger partial charge in [-0.15, -0.1) is 0 Å². The van der Waals surface area contributed by atoms with Crippen molar-refractivity contribution in [2.75, 3.05) is 18.8 Å². The number of hydrogen-bond acceptors (Lipinski definition) is 4. The summed E-state index contributed by atoms with van der Waals surface area (Å²) in [5.41, 5.74) is 0.500. The summed E-state index contributed by atoms with van der Waals surface area (Å²) >= 11 is 7.60. The van der Waals surface area contributed by atoms with E-state index in [2.05, 4.69) is 37.2 Å². The third-order valence-electron chi connectivity index (χ3n) is 2.59. The van der Waals surface area contributed by atoms with Crippen molar-refractivity contribution in [3.63, 3.8) is 0 Å². The maximum atomic E-state index is 11.9. The number of amides is 3. The minimum atomic E-state index is -0.255. The first-order valence-electron chi connectivity index (χ1n) is 5.69. The van der Waals surface area contributed by atoms with Gasteiger partial charge in [-0.05, 0) is 18.2 Å². The van der Waals surface area contributed by atoms with Crippen LogP contribution < -0.4 is 5.32 Å². The third kappa shape index (κ3) is 3.83. The van der Waals surface area contributed by atoms with E-state index < -0.39 is 0 Å². The molecule has 0 aromatic heterocycles. The Labute approximate surface area is 136 Å². The minimum absolute atomic E-state index is 0.186. The van der Waals surface area contributed by atoms with Crippen LogP contribution in [-0.4, -0.2) is 40.8 Å². The predicted octanol–water partition coefficient (Wildman–Crippen LogP) is 2.64. The Hall–Kier alpha value is -0.860. The smallest absolute Gasteiger partial charge is 0.288 e. The van der Waals surface area contributed by atoms with Crippen LogP contribution in [0, 0.1) is 0 Å². The average Bonchev–Trinajstić information content (AvgIpc) is 2.69. The second kappa shape index (κ2) is 6.73. The highest BCUT2D eigenvalue weighted by Crippen LogP contribution is 2.20. The third-order valence-corrected chi connectivity index (χ3v) is 4.36. The monoisotopic (exact) mass is 420 g/mol. The Morgan fingerprint density at radius 1 is 1.25 bits per heavy atom. The van der Waals surface area contributed by atoms with E-state index in [1.54, 1.807) is 12.1 Å². The summed E-state index contributed by atoms with van der Waals surface area (Å²) in [6, 6.07) is 5.22. The first-order chi connectivity index (χ1) is 9.47. The summed E-state index contributed by atoms with van der Waals surface area (Å²) in [7, 11) is 0. The molecule has 0 radical (unpaired) electrons. The van der Waals surface area contributed by atoms with Gasteiger partial charge in [0.05, 0.1) is 5.75 Å². The molecule has 1 aromatic carbocycles. The number of hydrogen-bond donors (Lipinski definition) is 1. The molecule has 1 aromatic rings. The van der Waals surface area contributed by atoms with Gasteiger partial charge in [0, 0.05) is 27.6 Å². The number of carbonyl (C=O) groups excluding carboxylic acids is 3. The number of nitrogens with zero attached hydrogens (tertiary/aromatic N) is 1. The Morgan fingerprint density at radius 3 is 2.45 bits per heavy atom. The minimum Gasteiger partial charge on any atom is -0.350 e. The largest absolute Gasteiger partial charge is 0.350 e. The van der Waals surface area contributed by atoms with E-state index in [-0.39, 0.29) is 35.9 Å². The number of carbonyl (C=O) groups is 3. The normalized spacial score (nSPS) is 14.8. The second-order valence-corrected chi connectivity index (χ2v) is 6.77. The maximum Gasteiger partial charge on any atom is 0.288 e. The maximum absolute atomic E-state index is 11.9. The molecule has 1 N–H and O–H groups in total. The van der Waals surface area contributed by atoms with Crippen LogP contribution in [0.4, 0.5) is 4.79 Å². The van der Waals surface area contributed by atoms with Gasteiger partial charge in [-0.2, -0.15) is 0 Å². The molecule has 1 saturated heterocycles. The summed E-state index contributed by atoms with van der Waals surface area (Å²) in [5.74, 6) is -0.274. The summed E-state index contributed by atoms with van der Waals surface area (Å²) in [4.78, 5) is 35.8. The first-order valence-corrected chi connectivity index (χ1v) is 8.26. The van der Waals surface area contributed by atoms with E-state index in [1.807, 2.05) is 6.07 Å². The van der Waals surface area contributed by atoms with Crippen LogP contribution in [-0.2, 0) is 4.79 Å². The zero-order chi connectivity index (χ0) is 14.7. The molecule has 8 heteroatoms. The Balaban J connectivity index is 1.89. The fraction of sp³-hybridized carbons (Fsp3) is 0.250. The molecule has 20 heavy (non-hydrogen) atoms. The van der Waals surface area contributed by atoms with Crippen molar-refractivity contribution < 1.29 is 14.4 Å². The number of halogens is 2. The average molecular weight is 422 g/mol. The van der Waals surface area contributed by atoms with Crippen molar-refractivity contribution in [1.82, 2.24) is 10.2 Å². The van der Waals surface area contributed by atoms with Crippen LogP contribution in [0.15, 0.2) is 27.1 Å². The molecule has 3 amide bonds. The topological polar surface area (TPSA) is 66.5 Å². The standard InChI is InChI=1S/C12H10Br2N2O3S/c13-8-3-7(4-9(14)5-8)11(18)15-1-2-16-10(17)6-20-12(16)19/h3-5H,1-2,6H2,(H,15,18). The van der Waals surface area contributed by atoms with Crippen molar-refractivity contribution >= 4 is 60.7 Å². The van der Waals surface area contributed by atoms with Crippen LogP contribution in [0.2, 0.25) is 0 Å². The zero-order valence-electron chi connectivity index (χ0n) is 10.2. The molecule has 2 rings (SSSR count). The van der Waals surface area contributed by atoms with Crippen LogP contribution >= 0.6 is 43.6 Å². The second-order valence-electron chi connectivity index (χ2n) is 4.01. The fourth-order valence-corrected chi connectivity index (χ4v) is 3.71. The van der Waals surface area contributed by atoms with Gasteiger partial charge in [-0.3, -0.25) is 19.3 Å². The number of benzene rings is 1. The summed E-state index contributed by atoms with van der Waals surface area (Å²) in [5, 5.41) is 2.43. The summed E-state index contributed by atoms with van der Waals surface area (Å²) < 4.78 is 1.58. The van der Waals surface area contributed by atoms with Crippen LogP contribution in [0.25, 0.3) is 0 Å². The molecule has 1 heterocycles. The van der Waals surface area contributed by atoms with Gasteiger partial charge in [-0.25, -0.2) is 0 Å². The van der Waals surface area contributed by atoms with Gasteiger partial charge < -0.3 is 5.32 Å². The van der Waals surface area contributed by atoms with Crippen molar-refractivity contribution in [2.24, 2.45) is 0 Å². The first kappa shape index (κ1) is 15.5. The molecular formula is C12H10Br2N2O3S. The highest BCUT2D eigenvalue weighted by atomic mass is 79.9. The van der Waals surface area contributed by atoms with Crippen molar-refractivity contribution in [2.45, 2.75) is 0 Å². The lowest BCUT2D eigenvalue weighted by atomic mass is 10.2. The van der Waals surface area contributed by atoms with Crippen LogP contribution in [0.5, 0.6) is 0 Å². The Kier molecular flexibility index (Phi) is 5.22.